The summed E-state index contributed by atoms with van der Waals surface area (Å²) in [5.41, 5.74) is 1.28. The van der Waals surface area contributed by atoms with Crippen LogP contribution >= 0.6 is 31.9 Å². The average molecular weight is 359 g/mol. The Bertz CT molecular complexity index is 462. The number of benzene rings is 1. The maximum Gasteiger partial charge on any atom is 0.183 e. The van der Waals surface area contributed by atoms with Gasteiger partial charge < -0.3 is 9.73 Å². The van der Waals surface area contributed by atoms with E-state index in [-0.39, 0.29) is 0 Å². The van der Waals surface area contributed by atoms with Crippen molar-refractivity contribution in [2.45, 2.75) is 19.5 Å². The summed E-state index contributed by atoms with van der Waals surface area (Å²) in [6, 6.07) is 12.6. The zero-order valence-electron chi connectivity index (χ0n) is 9.41. The van der Waals surface area contributed by atoms with Crippen LogP contribution in [0.4, 0.5) is 0 Å². The van der Waals surface area contributed by atoms with Gasteiger partial charge >= 0.3 is 0 Å². The van der Waals surface area contributed by atoms with Crippen LogP contribution < -0.4 is 5.32 Å². The third kappa shape index (κ3) is 3.44. The van der Waals surface area contributed by atoms with Crippen LogP contribution in [0.3, 0.4) is 0 Å². The molecule has 2 aromatic rings. The zero-order chi connectivity index (χ0) is 12.3. The monoisotopic (exact) mass is 357 g/mol. The molecular formula is C13H13Br2NO. The lowest BCUT2D eigenvalue weighted by Gasteiger charge is -2.12. The van der Waals surface area contributed by atoms with Crippen LogP contribution in [0.2, 0.25) is 0 Å². The molecule has 1 aromatic carbocycles. The van der Waals surface area contributed by atoms with Gasteiger partial charge in [-0.15, -0.1) is 0 Å². The Hall–Kier alpha value is -0.580. The Labute approximate surface area is 118 Å². The van der Waals surface area contributed by atoms with Crippen LogP contribution in [0.25, 0.3) is 0 Å². The first kappa shape index (κ1) is 12.9. The van der Waals surface area contributed by atoms with Gasteiger partial charge in [0.05, 0.1) is 11.0 Å². The third-order valence-electron chi connectivity index (χ3n) is 2.58. The number of hydrogen-bond acceptors (Lipinski definition) is 2. The minimum absolute atomic E-state index is 0.304. The van der Waals surface area contributed by atoms with Crippen LogP contribution in [0, 0.1) is 0 Å². The fourth-order valence-corrected chi connectivity index (χ4v) is 2.25. The first-order valence-corrected chi connectivity index (χ1v) is 6.97. The molecule has 2 rings (SSSR count). The average Bonchev–Trinajstić information content (AvgIpc) is 2.67. The lowest BCUT2D eigenvalue weighted by Crippen LogP contribution is -2.17. The highest BCUT2D eigenvalue weighted by Gasteiger charge is 2.08. The number of furan rings is 1. The van der Waals surface area contributed by atoms with E-state index in [1.807, 2.05) is 24.3 Å². The van der Waals surface area contributed by atoms with E-state index >= 15 is 0 Å². The maximum atomic E-state index is 5.51. The number of rotatable bonds is 4. The standard InChI is InChI=1S/C13H13Br2NO/c1-9(10-5-3-2-4-6-10)16-8-11-7-12(14)13(15)17-11/h2-7,9,16H,8H2,1H3/t9-/m1/s1. The summed E-state index contributed by atoms with van der Waals surface area (Å²) in [5.74, 6) is 0.909. The summed E-state index contributed by atoms with van der Waals surface area (Å²) in [6.07, 6.45) is 0. The van der Waals surface area contributed by atoms with Crippen molar-refractivity contribution in [1.29, 1.82) is 0 Å². The summed E-state index contributed by atoms with van der Waals surface area (Å²) >= 11 is 6.73. The lowest BCUT2D eigenvalue weighted by molar-refractivity contribution is 0.446. The highest BCUT2D eigenvalue weighted by Crippen LogP contribution is 2.27. The van der Waals surface area contributed by atoms with E-state index in [1.165, 1.54) is 5.56 Å². The molecule has 0 saturated heterocycles. The molecule has 0 amide bonds. The molecule has 0 unspecified atom stereocenters. The highest BCUT2D eigenvalue weighted by molar-refractivity contribution is 9.13. The van der Waals surface area contributed by atoms with Crippen molar-refractivity contribution in [2.24, 2.45) is 0 Å². The molecule has 1 atom stereocenters. The van der Waals surface area contributed by atoms with Crippen molar-refractivity contribution in [1.82, 2.24) is 5.32 Å². The zero-order valence-corrected chi connectivity index (χ0v) is 12.6. The fraction of sp³-hybridized carbons (Fsp3) is 0.231. The van der Waals surface area contributed by atoms with E-state index in [4.69, 9.17) is 4.42 Å². The molecule has 0 fully saturated rings. The van der Waals surface area contributed by atoms with Crippen LogP contribution in [-0.2, 0) is 6.54 Å². The van der Waals surface area contributed by atoms with Crippen LogP contribution in [0.1, 0.15) is 24.3 Å². The second-order valence-corrected chi connectivity index (χ2v) is 5.42. The maximum absolute atomic E-state index is 5.51. The van der Waals surface area contributed by atoms with E-state index < -0.39 is 0 Å². The second kappa shape index (κ2) is 5.85. The van der Waals surface area contributed by atoms with Gasteiger partial charge in [-0.05, 0) is 50.4 Å². The summed E-state index contributed by atoms with van der Waals surface area (Å²) in [5, 5.41) is 3.42. The van der Waals surface area contributed by atoms with E-state index in [9.17, 15) is 0 Å². The number of nitrogens with one attached hydrogen (secondary N) is 1. The summed E-state index contributed by atoms with van der Waals surface area (Å²) < 4.78 is 7.19. The molecule has 17 heavy (non-hydrogen) atoms. The smallest absolute Gasteiger partial charge is 0.183 e. The SMILES string of the molecule is C[C@@H](NCc1cc(Br)c(Br)o1)c1ccccc1. The molecule has 4 heteroatoms. The molecule has 1 N–H and O–H groups in total. The third-order valence-corrected chi connectivity index (χ3v) is 4.29. The lowest BCUT2D eigenvalue weighted by atomic mass is 10.1. The molecule has 90 valence electrons. The first-order chi connectivity index (χ1) is 8.16. The van der Waals surface area contributed by atoms with Gasteiger partial charge in [0.1, 0.15) is 5.76 Å². The van der Waals surface area contributed by atoms with Gasteiger partial charge in [0.25, 0.3) is 0 Å². The fourth-order valence-electron chi connectivity index (χ4n) is 1.59. The molecule has 1 aromatic heterocycles. The molecule has 0 aliphatic heterocycles. The van der Waals surface area contributed by atoms with Crippen molar-refractivity contribution < 1.29 is 4.42 Å². The van der Waals surface area contributed by atoms with Gasteiger partial charge in [0.2, 0.25) is 0 Å². The minimum atomic E-state index is 0.304. The van der Waals surface area contributed by atoms with Crippen molar-refractivity contribution in [3.05, 3.63) is 56.9 Å². The Morgan fingerprint density at radius 1 is 1.24 bits per heavy atom. The van der Waals surface area contributed by atoms with Gasteiger partial charge in [0.15, 0.2) is 4.67 Å². The van der Waals surface area contributed by atoms with Crippen molar-refractivity contribution in [2.75, 3.05) is 0 Å². The number of hydrogen-bond donors (Lipinski definition) is 1. The largest absolute Gasteiger partial charge is 0.452 e. The predicted octanol–water partition coefficient (Wildman–Crippen LogP) is 4.66. The number of halogens is 2. The molecule has 0 radical (unpaired) electrons. The van der Waals surface area contributed by atoms with Crippen LogP contribution in [0.15, 0.2) is 50.0 Å². The van der Waals surface area contributed by atoms with E-state index in [1.54, 1.807) is 0 Å². The highest BCUT2D eigenvalue weighted by atomic mass is 79.9. The van der Waals surface area contributed by atoms with Gasteiger partial charge in [-0.3, -0.25) is 0 Å². The normalized spacial score (nSPS) is 12.6. The molecule has 0 spiro atoms. The predicted molar refractivity (Wildman–Crippen MR) is 75.8 cm³/mol. The summed E-state index contributed by atoms with van der Waals surface area (Å²) in [6.45, 7) is 2.85. The quantitative estimate of drug-likeness (QED) is 0.860. The van der Waals surface area contributed by atoms with Crippen LogP contribution in [-0.4, -0.2) is 0 Å². The topological polar surface area (TPSA) is 25.2 Å². The van der Waals surface area contributed by atoms with Crippen molar-refractivity contribution >= 4 is 31.9 Å². The van der Waals surface area contributed by atoms with Crippen LogP contribution in [0.5, 0.6) is 0 Å². The van der Waals surface area contributed by atoms with Gasteiger partial charge in [-0.1, -0.05) is 30.3 Å². The van der Waals surface area contributed by atoms with Crippen molar-refractivity contribution in [3.63, 3.8) is 0 Å². The molecule has 0 aliphatic carbocycles. The second-order valence-electron chi connectivity index (χ2n) is 3.85. The summed E-state index contributed by atoms with van der Waals surface area (Å²) in [4.78, 5) is 0. The molecule has 0 aliphatic rings. The Kier molecular flexibility index (Phi) is 4.42. The van der Waals surface area contributed by atoms with E-state index in [2.05, 4.69) is 56.2 Å². The Morgan fingerprint density at radius 3 is 2.53 bits per heavy atom. The Morgan fingerprint density at radius 2 is 1.94 bits per heavy atom. The van der Waals surface area contributed by atoms with E-state index in [0.29, 0.717) is 12.6 Å². The minimum Gasteiger partial charge on any atom is -0.452 e. The molecular weight excluding hydrogens is 346 g/mol. The summed E-state index contributed by atoms with van der Waals surface area (Å²) in [7, 11) is 0. The molecule has 2 nitrogen and oxygen atoms in total. The van der Waals surface area contributed by atoms with Crippen molar-refractivity contribution in [3.8, 4) is 0 Å². The van der Waals surface area contributed by atoms with Gasteiger partial charge in [-0.25, -0.2) is 0 Å². The molecule has 0 bridgehead atoms. The van der Waals surface area contributed by atoms with Gasteiger partial charge in [-0.2, -0.15) is 0 Å². The Balaban J connectivity index is 1.94. The first-order valence-electron chi connectivity index (χ1n) is 5.39. The van der Waals surface area contributed by atoms with Gasteiger partial charge in [0, 0.05) is 6.04 Å². The van der Waals surface area contributed by atoms with E-state index in [0.717, 1.165) is 14.9 Å². The molecule has 0 saturated carbocycles. The molecule has 1 heterocycles.